The number of nitrogens with zero attached hydrogens (tertiary/aromatic N) is 1. The Kier molecular flexibility index (Phi) is 4.87. The predicted molar refractivity (Wildman–Crippen MR) is 154 cm³/mol. The normalized spacial score (nSPS) is 33.4. The highest BCUT2D eigenvalue weighted by Crippen LogP contribution is 2.71. The summed E-state index contributed by atoms with van der Waals surface area (Å²) in [6.07, 6.45) is 0.192. The Hall–Kier alpha value is -3.89. The molecule has 1 spiro atoms. The molecule has 9 heteroatoms. The summed E-state index contributed by atoms with van der Waals surface area (Å²) in [5.41, 5.74) is -2.29. The minimum Gasteiger partial charge on any atom is -0.465 e. The highest BCUT2D eigenvalue weighted by Gasteiger charge is 2.84. The molecule has 5 heterocycles. The number of ether oxygens (including phenoxy) is 4. The van der Waals surface area contributed by atoms with Crippen LogP contribution in [0.25, 0.3) is 21.7 Å². The van der Waals surface area contributed by atoms with Gasteiger partial charge in [-0.05, 0) is 61.7 Å². The summed E-state index contributed by atoms with van der Waals surface area (Å²) < 4.78 is 31.9. The average Bonchev–Trinajstić information content (AvgIpc) is 3.76. The van der Waals surface area contributed by atoms with Crippen molar-refractivity contribution >= 4 is 33.5 Å². The fourth-order valence-electron chi connectivity index (χ4n) is 9.06. The van der Waals surface area contributed by atoms with Crippen LogP contribution in [0.3, 0.4) is 0 Å². The standard InChI is InChI=1S/C34H29NO8/c1-32(2)41-27-25-21-14-8-16-35(21)33(20-13-7-10-17-9-6-12-19(23(17)20)28(33)37)34(25,43-31(27)42-32)29-24(30(38)39-3)26(36)18-11-4-5-15-22(18)40-29/h4-7,9-13,15,21,25,27,31H,8,14,16H2,1-3H3/t21?,25?,27-,31+,33+,34-/m1/s1. The second-order valence-corrected chi connectivity index (χ2v) is 12.6. The number of rotatable bonds is 2. The first-order chi connectivity index (χ1) is 20.7. The predicted octanol–water partition coefficient (Wildman–Crippen LogP) is 4.62. The van der Waals surface area contributed by atoms with Crippen LogP contribution in [0.1, 0.15) is 58.7 Å². The quantitative estimate of drug-likeness (QED) is 0.315. The highest BCUT2D eigenvalue weighted by atomic mass is 16.8. The van der Waals surface area contributed by atoms with Gasteiger partial charge in [-0.2, -0.15) is 0 Å². The molecule has 4 saturated heterocycles. The van der Waals surface area contributed by atoms with E-state index in [0.29, 0.717) is 12.1 Å². The number of fused-ring (bicyclic) bond motifs is 9. The van der Waals surface area contributed by atoms with E-state index < -0.39 is 46.6 Å². The topological polar surface area (TPSA) is 105 Å². The van der Waals surface area contributed by atoms with E-state index >= 15 is 4.79 Å². The lowest BCUT2D eigenvalue weighted by atomic mass is 9.66. The Balaban J connectivity index is 1.46. The Labute approximate surface area is 246 Å². The summed E-state index contributed by atoms with van der Waals surface area (Å²) in [4.78, 5) is 45.3. The van der Waals surface area contributed by atoms with Gasteiger partial charge in [0.2, 0.25) is 5.43 Å². The largest absolute Gasteiger partial charge is 0.465 e. The molecule has 1 aliphatic carbocycles. The summed E-state index contributed by atoms with van der Waals surface area (Å²) in [6, 6.07) is 18.2. The van der Waals surface area contributed by atoms with Crippen LogP contribution in [-0.4, -0.2) is 54.5 Å². The third-order valence-corrected chi connectivity index (χ3v) is 10.3. The smallest absolute Gasteiger partial charge is 0.345 e. The molecule has 6 atom stereocenters. The van der Waals surface area contributed by atoms with Gasteiger partial charge in [0.1, 0.15) is 22.8 Å². The number of hydrogen-bond acceptors (Lipinski definition) is 9. The summed E-state index contributed by atoms with van der Waals surface area (Å²) in [6.45, 7) is 4.29. The lowest BCUT2D eigenvalue weighted by molar-refractivity contribution is -0.248. The summed E-state index contributed by atoms with van der Waals surface area (Å²) in [5.74, 6) is -2.46. The third kappa shape index (κ3) is 2.80. The molecule has 0 bridgehead atoms. The van der Waals surface area contributed by atoms with Crippen molar-refractivity contribution in [1.29, 1.82) is 0 Å². The number of ketones is 1. The molecule has 0 radical (unpaired) electrons. The number of carbonyl (C=O) groups excluding carboxylic acids is 2. The first-order valence-corrected chi connectivity index (χ1v) is 14.8. The molecule has 5 aliphatic rings. The molecule has 9 nitrogen and oxygen atoms in total. The third-order valence-electron chi connectivity index (χ3n) is 10.3. The van der Waals surface area contributed by atoms with Crippen molar-refractivity contribution in [2.24, 2.45) is 5.92 Å². The number of esters is 1. The maximum atomic E-state index is 15.3. The Bertz CT molecular complexity index is 1980. The van der Waals surface area contributed by atoms with E-state index in [0.717, 1.165) is 29.2 Å². The molecule has 4 fully saturated rings. The fraction of sp³-hybridized carbons (Fsp3) is 0.382. The summed E-state index contributed by atoms with van der Waals surface area (Å²) in [5, 5.41) is 2.00. The zero-order chi connectivity index (χ0) is 29.5. The monoisotopic (exact) mass is 579 g/mol. The zero-order valence-electron chi connectivity index (χ0n) is 23.9. The van der Waals surface area contributed by atoms with Crippen molar-refractivity contribution in [2.45, 2.75) is 62.1 Å². The molecule has 2 unspecified atom stereocenters. The maximum Gasteiger partial charge on any atom is 0.345 e. The van der Waals surface area contributed by atoms with Crippen LogP contribution in [0.2, 0.25) is 0 Å². The molecule has 0 amide bonds. The van der Waals surface area contributed by atoms with E-state index in [1.54, 1.807) is 24.3 Å². The van der Waals surface area contributed by atoms with E-state index in [2.05, 4.69) is 4.90 Å². The van der Waals surface area contributed by atoms with E-state index in [-0.39, 0.29) is 34.1 Å². The summed E-state index contributed by atoms with van der Waals surface area (Å²) >= 11 is 0. The van der Waals surface area contributed by atoms with Crippen LogP contribution in [0, 0.1) is 5.92 Å². The van der Waals surface area contributed by atoms with E-state index in [4.69, 9.17) is 23.4 Å². The molecule has 0 N–H and O–H groups in total. The van der Waals surface area contributed by atoms with Crippen LogP contribution in [0.15, 0.2) is 69.9 Å². The SMILES string of the molecule is COC(=O)c1c([C@]23O[C@@H]4OC(C)(C)O[C@@H]4C2C2CCCN2[C@@]32C(=O)c3cccc4cccc2c34)oc2ccccc2c1=O. The van der Waals surface area contributed by atoms with Crippen molar-refractivity contribution < 1.29 is 33.0 Å². The van der Waals surface area contributed by atoms with Crippen LogP contribution in [0.5, 0.6) is 0 Å². The van der Waals surface area contributed by atoms with Gasteiger partial charge in [0.25, 0.3) is 0 Å². The van der Waals surface area contributed by atoms with Crippen molar-refractivity contribution in [3.05, 3.63) is 93.3 Å². The Morgan fingerprint density at radius 1 is 0.977 bits per heavy atom. The first-order valence-electron chi connectivity index (χ1n) is 14.8. The summed E-state index contributed by atoms with van der Waals surface area (Å²) in [7, 11) is 1.23. The van der Waals surface area contributed by atoms with E-state index in [1.807, 2.05) is 50.2 Å². The van der Waals surface area contributed by atoms with Crippen molar-refractivity contribution in [2.75, 3.05) is 13.7 Å². The van der Waals surface area contributed by atoms with E-state index in [9.17, 15) is 9.59 Å². The molecule has 1 aromatic heterocycles. The molecule has 218 valence electrons. The van der Waals surface area contributed by atoms with Gasteiger partial charge in [0, 0.05) is 17.5 Å². The second kappa shape index (κ2) is 8.18. The average molecular weight is 580 g/mol. The van der Waals surface area contributed by atoms with Gasteiger partial charge in [0.15, 0.2) is 29.2 Å². The fourth-order valence-corrected chi connectivity index (χ4v) is 9.06. The molecule has 9 rings (SSSR count). The molecular formula is C34H29NO8. The lowest BCUT2D eigenvalue weighted by Gasteiger charge is -2.45. The Morgan fingerprint density at radius 3 is 2.58 bits per heavy atom. The van der Waals surface area contributed by atoms with E-state index in [1.165, 1.54) is 7.11 Å². The maximum absolute atomic E-state index is 15.3. The number of benzene rings is 3. The van der Waals surface area contributed by atoms with Crippen LogP contribution in [0.4, 0.5) is 0 Å². The number of methoxy groups -OCH3 is 1. The van der Waals surface area contributed by atoms with Gasteiger partial charge in [-0.15, -0.1) is 0 Å². The lowest BCUT2D eigenvalue weighted by Crippen LogP contribution is -2.59. The van der Waals surface area contributed by atoms with Crippen molar-refractivity contribution in [3.63, 3.8) is 0 Å². The number of hydrogen-bond donors (Lipinski definition) is 0. The van der Waals surface area contributed by atoms with Crippen LogP contribution in [-0.2, 0) is 30.1 Å². The van der Waals surface area contributed by atoms with Crippen LogP contribution < -0.4 is 5.43 Å². The highest BCUT2D eigenvalue weighted by molar-refractivity contribution is 6.21. The molecule has 0 saturated carbocycles. The van der Waals surface area contributed by atoms with Gasteiger partial charge in [-0.3, -0.25) is 14.5 Å². The van der Waals surface area contributed by atoms with Gasteiger partial charge < -0.3 is 23.4 Å². The molecule has 43 heavy (non-hydrogen) atoms. The van der Waals surface area contributed by atoms with Gasteiger partial charge >= 0.3 is 5.97 Å². The molecular weight excluding hydrogens is 550 g/mol. The van der Waals surface area contributed by atoms with Crippen LogP contribution >= 0.6 is 0 Å². The first kappa shape index (κ1) is 25.6. The van der Waals surface area contributed by atoms with Gasteiger partial charge in [-0.1, -0.05) is 48.5 Å². The number of para-hydroxylation sites is 1. The number of carbonyl (C=O) groups is 2. The minimum atomic E-state index is -1.65. The molecule has 3 aromatic carbocycles. The number of Topliss-reactive ketones (excluding diaryl/α,β-unsaturated/α-hetero) is 1. The van der Waals surface area contributed by atoms with Gasteiger partial charge in [0.05, 0.1) is 12.5 Å². The molecule has 4 aliphatic heterocycles. The van der Waals surface area contributed by atoms with Crippen molar-refractivity contribution in [3.8, 4) is 0 Å². The Morgan fingerprint density at radius 2 is 1.77 bits per heavy atom. The minimum absolute atomic E-state index is 0.0139. The second-order valence-electron chi connectivity index (χ2n) is 12.6. The molecule has 4 aromatic rings. The van der Waals surface area contributed by atoms with Crippen molar-refractivity contribution in [1.82, 2.24) is 4.90 Å². The van der Waals surface area contributed by atoms with Gasteiger partial charge in [-0.25, -0.2) is 4.79 Å². The zero-order valence-corrected chi connectivity index (χ0v) is 23.9.